The molecule has 1 aromatic carbocycles. The van der Waals surface area contributed by atoms with E-state index in [9.17, 15) is 9.59 Å². The normalized spacial score (nSPS) is 41.3. The van der Waals surface area contributed by atoms with Gasteiger partial charge in [0.2, 0.25) is 5.91 Å². The third-order valence-corrected chi connectivity index (χ3v) is 17.1. The summed E-state index contributed by atoms with van der Waals surface area (Å²) >= 11 is 0. The van der Waals surface area contributed by atoms with E-state index in [1.807, 2.05) is 12.1 Å². The third kappa shape index (κ3) is 5.93. The maximum atomic E-state index is 14.1. The average molecular weight is 716 g/mol. The summed E-state index contributed by atoms with van der Waals surface area (Å²) in [4.78, 5) is 31.1. The van der Waals surface area contributed by atoms with Gasteiger partial charge >= 0.3 is 5.97 Å². The van der Waals surface area contributed by atoms with Crippen molar-refractivity contribution in [3.63, 3.8) is 0 Å². The summed E-state index contributed by atoms with van der Waals surface area (Å²) in [6.07, 6.45) is 14.0. The molecule has 1 aliphatic heterocycles. The van der Waals surface area contributed by atoms with Crippen molar-refractivity contribution in [2.75, 3.05) is 51.3 Å². The molecule has 1 saturated heterocycles. The van der Waals surface area contributed by atoms with Crippen LogP contribution in [-0.2, 0) is 14.3 Å². The summed E-state index contributed by atoms with van der Waals surface area (Å²) in [5.41, 5.74) is 3.35. The van der Waals surface area contributed by atoms with Gasteiger partial charge in [0, 0.05) is 57.0 Å². The number of piperazine rings is 1. The number of nitrogens with one attached hydrogen (secondary N) is 1. The van der Waals surface area contributed by atoms with Crippen LogP contribution in [0, 0.1) is 50.2 Å². The van der Waals surface area contributed by atoms with Gasteiger partial charge in [0.25, 0.3) is 0 Å². The molecule has 1 N–H and O–H groups in total. The van der Waals surface area contributed by atoms with E-state index < -0.39 is 0 Å². The van der Waals surface area contributed by atoms with Crippen LogP contribution in [0.4, 0.5) is 5.69 Å². The molecule has 0 bridgehead atoms. The Labute approximate surface area is 315 Å². The number of nitrogens with zero attached hydrogens (tertiary/aromatic N) is 2. The standard InChI is InChI=1S/C45H69N3O4/c1-31(49)52-38-17-18-43(6)36(40(38,2)3)16-19-45(8)37(43)15-14-32-33-30-42(5,21-20-41(33,4)22-23-44(32,45)7)39(50)46-24-25-47-26-28-48(29-27-47)34-12-10-11-13-35(34)51-9/h10-14,33,36-38H,15-30H2,1-9H3,(H,46,50)/t33-,36?,37+,38-,41+,42?,43-,44+,45+/m0/s1. The van der Waals surface area contributed by atoms with E-state index in [0.717, 1.165) is 77.0 Å². The van der Waals surface area contributed by atoms with Crippen molar-refractivity contribution in [1.82, 2.24) is 10.2 Å². The second-order valence-electron chi connectivity index (χ2n) is 20.0. The van der Waals surface area contributed by atoms with Gasteiger partial charge in [0.15, 0.2) is 0 Å². The first-order valence-electron chi connectivity index (χ1n) is 20.8. The lowest BCUT2D eigenvalue weighted by Crippen LogP contribution is -2.64. The van der Waals surface area contributed by atoms with Crippen molar-refractivity contribution in [3.05, 3.63) is 35.9 Å². The van der Waals surface area contributed by atoms with Crippen molar-refractivity contribution in [2.45, 2.75) is 126 Å². The quantitative estimate of drug-likeness (QED) is 0.225. The Morgan fingerprint density at radius 2 is 1.58 bits per heavy atom. The second kappa shape index (κ2) is 13.3. The maximum absolute atomic E-state index is 14.1. The summed E-state index contributed by atoms with van der Waals surface area (Å²) in [6, 6.07) is 8.28. The second-order valence-corrected chi connectivity index (χ2v) is 20.0. The van der Waals surface area contributed by atoms with Crippen LogP contribution in [0.3, 0.4) is 0 Å². The first kappa shape index (κ1) is 37.8. The van der Waals surface area contributed by atoms with Crippen LogP contribution in [-0.4, -0.2) is 69.3 Å². The molecule has 1 aromatic rings. The van der Waals surface area contributed by atoms with Gasteiger partial charge in [-0.1, -0.05) is 72.2 Å². The molecule has 5 aliphatic carbocycles. The molecule has 1 amide bonds. The van der Waals surface area contributed by atoms with Gasteiger partial charge in [0.05, 0.1) is 12.8 Å². The molecule has 7 nitrogen and oxygen atoms in total. The molecule has 52 heavy (non-hydrogen) atoms. The highest BCUT2D eigenvalue weighted by Gasteiger charge is 2.68. The van der Waals surface area contributed by atoms with E-state index in [1.165, 1.54) is 31.4 Å². The molecule has 0 spiro atoms. The van der Waals surface area contributed by atoms with E-state index in [2.05, 4.69) is 81.8 Å². The van der Waals surface area contributed by atoms with Gasteiger partial charge in [-0.15, -0.1) is 0 Å². The molecule has 1 heterocycles. The van der Waals surface area contributed by atoms with Gasteiger partial charge in [-0.2, -0.15) is 0 Å². The fourth-order valence-electron chi connectivity index (χ4n) is 13.6. The van der Waals surface area contributed by atoms with Crippen molar-refractivity contribution in [2.24, 2.45) is 50.2 Å². The average Bonchev–Trinajstić information content (AvgIpc) is 3.10. The van der Waals surface area contributed by atoms with Crippen LogP contribution in [0.1, 0.15) is 120 Å². The maximum Gasteiger partial charge on any atom is 0.302 e. The Morgan fingerprint density at radius 1 is 0.865 bits per heavy atom. The lowest BCUT2D eigenvalue weighted by molar-refractivity contribution is -0.212. The largest absolute Gasteiger partial charge is 0.495 e. The lowest BCUT2D eigenvalue weighted by atomic mass is 9.33. The molecule has 6 aliphatic rings. The summed E-state index contributed by atoms with van der Waals surface area (Å²) < 4.78 is 11.6. The number of carbonyl (C=O) groups excluding carboxylic acids is 2. The van der Waals surface area contributed by atoms with Crippen LogP contribution in [0.2, 0.25) is 0 Å². The smallest absolute Gasteiger partial charge is 0.302 e. The molecule has 2 unspecified atom stereocenters. The number of amides is 1. The van der Waals surface area contributed by atoms with Crippen LogP contribution in [0.5, 0.6) is 5.75 Å². The predicted octanol–water partition coefficient (Wildman–Crippen LogP) is 8.67. The van der Waals surface area contributed by atoms with Crippen molar-refractivity contribution in [3.8, 4) is 5.75 Å². The monoisotopic (exact) mass is 716 g/mol. The molecular weight excluding hydrogens is 647 g/mol. The minimum absolute atomic E-state index is 0.00800. The number of fused-ring (bicyclic) bond motifs is 7. The van der Waals surface area contributed by atoms with Crippen LogP contribution < -0.4 is 15.0 Å². The van der Waals surface area contributed by atoms with Crippen molar-refractivity contribution in [1.29, 1.82) is 0 Å². The number of hydrogen-bond acceptors (Lipinski definition) is 6. The number of carbonyl (C=O) groups is 2. The number of anilines is 1. The SMILES string of the molecule is COc1ccccc1N1CCN(CCNC(=O)C2(C)CC[C@]3(C)CC[C@]4(C)C(=CC[C@@H]5[C@@]6(C)CC[C@H](OC(C)=O)C(C)(C)C6CC[C@]54C)[C@@H]3C2)CC1. The highest BCUT2D eigenvalue weighted by atomic mass is 16.5. The van der Waals surface area contributed by atoms with Gasteiger partial charge in [0.1, 0.15) is 11.9 Å². The lowest BCUT2D eigenvalue weighted by Gasteiger charge is -2.71. The van der Waals surface area contributed by atoms with Gasteiger partial charge in [-0.3, -0.25) is 14.5 Å². The van der Waals surface area contributed by atoms with Gasteiger partial charge in [-0.25, -0.2) is 0 Å². The Bertz CT molecular complexity index is 1560. The number of allylic oxidation sites excluding steroid dienone is 2. The highest BCUT2D eigenvalue weighted by molar-refractivity contribution is 5.82. The van der Waals surface area contributed by atoms with Crippen LogP contribution in [0.15, 0.2) is 35.9 Å². The number of rotatable bonds is 7. The molecule has 5 fully saturated rings. The molecular formula is C45H69N3O4. The minimum atomic E-state index is -0.341. The zero-order chi connectivity index (χ0) is 37.3. The highest BCUT2D eigenvalue weighted by Crippen LogP contribution is 2.75. The third-order valence-electron chi connectivity index (χ3n) is 17.1. The fourth-order valence-corrected chi connectivity index (χ4v) is 13.6. The Kier molecular flexibility index (Phi) is 9.69. The van der Waals surface area contributed by atoms with E-state index in [4.69, 9.17) is 9.47 Å². The van der Waals surface area contributed by atoms with E-state index in [1.54, 1.807) is 19.6 Å². The summed E-state index contributed by atoms with van der Waals surface area (Å²) in [7, 11) is 1.74. The summed E-state index contributed by atoms with van der Waals surface area (Å²) in [6.45, 7) is 24.5. The topological polar surface area (TPSA) is 71.1 Å². The number of esters is 1. The first-order chi connectivity index (χ1) is 24.5. The van der Waals surface area contributed by atoms with Gasteiger partial charge in [-0.05, 0) is 116 Å². The zero-order valence-electron chi connectivity index (χ0n) is 34.0. The number of methoxy groups -OCH3 is 1. The van der Waals surface area contributed by atoms with Crippen LogP contribution >= 0.6 is 0 Å². The molecule has 288 valence electrons. The minimum Gasteiger partial charge on any atom is -0.495 e. The van der Waals surface area contributed by atoms with Crippen molar-refractivity contribution >= 4 is 17.6 Å². The number of para-hydroxylation sites is 2. The number of benzene rings is 1. The number of hydrogen-bond donors (Lipinski definition) is 1. The van der Waals surface area contributed by atoms with Gasteiger partial charge < -0.3 is 19.7 Å². The van der Waals surface area contributed by atoms with E-state index in [-0.39, 0.29) is 50.5 Å². The number of ether oxygens (including phenoxy) is 2. The fraction of sp³-hybridized carbons (Fsp3) is 0.778. The van der Waals surface area contributed by atoms with E-state index >= 15 is 0 Å². The molecule has 9 atom stereocenters. The Balaban J connectivity index is 1.02. The Hall–Kier alpha value is -2.54. The predicted molar refractivity (Wildman–Crippen MR) is 209 cm³/mol. The molecule has 7 heteroatoms. The zero-order valence-corrected chi connectivity index (χ0v) is 34.0. The first-order valence-corrected chi connectivity index (χ1v) is 20.8. The Morgan fingerprint density at radius 3 is 2.29 bits per heavy atom. The molecule has 0 aromatic heterocycles. The van der Waals surface area contributed by atoms with Crippen LogP contribution in [0.25, 0.3) is 0 Å². The molecule has 7 rings (SSSR count). The summed E-state index contributed by atoms with van der Waals surface area (Å²) in [5, 5.41) is 3.44. The molecule has 0 radical (unpaired) electrons. The van der Waals surface area contributed by atoms with E-state index in [0.29, 0.717) is 24.3 Å². The molecule has 4 saturated carbocycles. The summed E-state index contributed by atoms with van der Waals surface area (Å²) in [5.74, 6) is 2.67. The van der Waals surface area contributed by atoms with Crippen molar-refractivity contribution < 1.29 is 19.1 Å².